The minimum atomic E-state index is -0.244. The monoisotopic (exact) mass is 566 g/mol. The van der Waals surface area contributed by atoms with E-state index in [4.69, 9.17) is 9.47 Å². The maximum absolute atomic E-state index is 12.0. The van der Waals surface area contributed by atoms with Crippen LogP contribution in [0.3, 0.4) is 0 Å². The Kier molecular flexibility index (Phi) is 7.29. The number of ether oxygens (including phenoxy) is 2. The van der Waals surface area contributed by atoms with Gasteiger partial charge in [0.1, 0.15) is 5.75 Å². The average molecular weight is 566 g/mol. The number of amides is 1. The summed E-state index contributed by atoms with van der Waals surface area (Å²) in [5, 5.41) is 13.7. The molecule has 1 amide bonds. The van der Waals surface area contributed by atoms with Crippen LogP contribution < -0.4 is 14.9 Å². The lowest BCUT2D eigenvalue weighted by Crippen LogP contribution is -2.19. The molecule has 0 unspecified atom stereocenters. The largest absolute Gasteiger partial charge is 0.506 e. The van der Waals surface area contributed by atoms with E-state index in [-0.39, 0.29) is 18.1 Å². The SMILES string of the molecule is COc1ccc(CC(=O)NN=Cc2cc(I)c(O)c(I)c2)cc1OC. The molecule has 0 heterocycles. The molecule has 0 aliphatic rings. The van der Waals surface area contributed by atoms with Crippen LogP contribution >= 0.6 is 45.2 Å². The Bertz CT molecular complexity index is 786. The van der Waals surface area contributed by atoms with Gasteiger partial charge in [-0.15, -0.1) is 0 Å². The summed E-state index contributed by atoms with van der Waals surface area (Å²) in [4.78, 5) is 12.0. The minimum absolute atomic E-state index is 0.169. The average Bonchev–Trinajstić information content (AvgIpc) is 2.59. The van der Waals surface area contributed by atoms with Crippen LogP contribution in [0.2, 0.25) is 0 Å². The van der Waals surface area contributed by atoms with E-state index < -0.39 is 0 Å². The lowest BCUT2D eigenvalue weighted by atomic mass is 10.1. The van der Waals surface area contributed by atoms with Crippen molar-refractivity contribution in [3.05, 3.63) is 48.6 Å². The highest BCUT2D eigenvalue weighted by Gasteiger charge is 2.08. The molecule has 0 aliphatic heterocycles. The van der Waals surface area contributed by atoms with Crippen molar-refractivity contribution >= 4 is 57.3 Å². The van der Waals surface area contributed by atoms with Gasteiger partial charge in [0.2, 0.25) is 5.91 Å². The van der Waals surface area contributed by atoms with Gasteiger partial charge in [-0.3, -0.25) is 4.79 Å². The summed E-state index contributed by atoms with van der Waals surface area (Å²) in [5.74, 6) is 1.19. The third kappa shape index (κ3) is 5.46. The third-order valence-electron chi connectivity index (χ3n) is 3.25. The molecule has 0 aliphatic carbocycles. The highest BCUT2D eigenvalue weighted by Crippen LogP contribution is 2.28. The Balaban J connectivity index is 1.99. The summed E-state index contributed by atoms with van der Waals surface area (Å²) < 4.78 is 11.8. The molecule has 0 spiro atoms. The van der Waals surface area contributed by atoms with Crippen molar-refractivity contribution < 1.29 is 19.4 Å². The van der Waals surface area contributed by atoms with Crippen LogP contribution in [0.15, 0.2) is 35.4 Å². The van der Waals surface area contributed by atoms with Crippen LogP contribution in [-0.4, -0.2) is 31.4 Å². The van der Waals surface area contributed by atoms with E-state index in [1.165, 1.54) is 6.21 Å². The van der Waals surface area contributed by atoms with Gasteiger partial charge >= 0.3 is 0 Å². The Labute approximate surface area is 172 Å². The molecule has 0 atom stereocenters. The van der Waals surface area contributed by atoms with Gasteiger partial charge in [0.05, 0.1) is 34.0 Å². The Morgan fingerprint density at radius 3 is 2.40 bits per heavy atom. The first-order chi connectivity index (χ1) is 11.9. The summed E-state index contributed by atoms with van der Waals surface area (Å²) >= 11 is 4.08. The zero-order chi connectivity index (χ0) is 18.4. The number of nitrogens with one attached hydrogen (secondary N) is 1. The number of halogens is 2. The number of carbonyl (C=O) groups excluding carboxylic acids is 1. The molecule has 2 N–H and O–H groups in total. The molecule has 0 fully saturated rings. The van der Waals surface area contributed by atoms with Crippen molar-refractivity contribution in [3.63, 3.8) is 0 Å². The molecule has 2 aromatic carbocycles. The number of aromatic hydroxyl groups is 1. The summed E-state index contributed by atoms with van der Waals surface area (Å²) in [5.41, 5.74) is 4.07. The maximum atomic E-state index is 12.0. The van der Waals surface area contributed by atoms with Crippen LogP contribution in [0.5, 0.6) is 17.2 Å². The number of methoxy groups -OCH3 is 2. The van der Waals surface area contributed by atoms with Gasteiger partial charge in [0.15, 0.2) is 11.5 Å². The van der Waals surface area contributed by atoms with E-state index in [1.807, 2.05) is 45.2 Å². The zero-order valence-electron chi connectivity index (χ0n) is 13.5. The van der Waals surface area contributed by atoms with Crippen molar-refractivity contribution in [2.75, 3.05) is 14.2 Å². The van der Waals surface area contributed by atoms with Crippen molar-refractivity contribution in [2.24, 2.45) is 5.10 Å². The Morgan fingerprint density at radius 2 is 1.80 bits per heavy atom. The topological polar surface area (TPSA) is 80.2 Å². The summed E-state index contributed by atoms with van der Waals surface area (Å²) in [6.45, 7) is 0. The molecule has 6 nitrogen and oxygen atoms in total. The number of hydrogen-bond donors (Lipinski definition) is 2. The number of phenols is 1. The summed E-state index contributed by atoms with van der Waals surface area (Å²) in [6, 6.07) is 8.87. The quantitative estimate of drug-likeness (QED) is 0.320. The number of phenolic OH excluding ortho intramolecular Hbond substituents is 1. The molecule has 25 heavy (non-hydrogen) atoms. The number of carbonyl (C=O) groups is 1. The van der Waals surface area contributed by atoms with Gasteiger partial charge in [0.25, 0.3) is 0 Å². The fraction of sp³-hybridized carbons (Fsp3) is 0.176. The third-order valence-corrected chi connectivity index (χ3v) is 4.90. The van der Waals surface area contributed by atoms with E-state index in [2.05, 4.69) is 10.5 Å². The second-order valence-corrected chi connectivity index (χ2v) is 7.32. The van der Waals surface area contributed by atoms with Crippen LogP contribution in [0.1, 0.15) is 11.1 Å². The normalized spacial score (nSPS) is 10.7. The second kappa shape index (κ2) is 9.22. The van der Waals surface area contributed by atoms with E-state index in [1.54, 1.807) is 44.6 Å². The van der Waals surface area contributed by atoms with Gasteiger partial charge in [-0.1, -0.05) is 6.07 Å². The summed E-state index contributed by atoms with van der Waals surface area (Å²) in [6.07, 6.45) is 1.71. The molecule has 2 rings (SSSR count). The minimum Gasteiger partial charge on any atom is -0.506 e. The van der Waals surface area contributed by atoms with Crippen molar-refractivity contribution in [1.82, 2.24) is 5.43 Å². The smallest absolute Gasteiger partial charge is 0.244 e. The summed E-state index contributed by atoms with van der Waals surface area (Å²) in [7, 11) is 3.11. The molecule has 132 valence electrons. The van der Waals surface area contributed by atoms with E-state index in [0.717, 1.165) is 18.3 Å². The Morgan fingerprint density at radius 1 is 1.16 bits per heavy atom. The number of nitrogens with zero attached hydrogens (tertiary/aromatic N) is 1. The molecule has 0 bridgehead atoms. The van der Waals surface area contributed by atoms with Gasteiger partial charge in [-0.2, -0.15) is 5.10 Å². The van der Waals surface area contributed by atoms with Crippen LogP contribution in [-0.2, 0) is 11.2 Å². The molecule has 0 aromatic heterocycles. The molecule has 0 saturated heterocycles. The number of rotatable bonds is 6. The second-order valence-electron chi connectivity index (χ2n) is 4.99. The fourth-order valence-corrected chi connectivity index (χ4v) is 3.87. The van der Waals surface area contributed by atoms with E-state index in [9.17, 15) is 9.90 Å². The highest BCUT2D eigenvalue weighted by atomic mass is 127. The first-order valence-corrected chi connectivity index (χ1v) is 9.31. The molecular formula is C17H16I2N2O4. The van der Waals surface area contributed by atoms with Gasteiger partial charge in [-0.05, 0) is 80.6 Å². The standard InChI is InChI=1S/C17H16I2N2O4/c1-24-14-4-3-10(7-15(14)25-2)8-16(22)21-20-9-11-5-12(18)17(23)13(19)6-11/h3-7,9,23H,8H2,1-2H3,(H,21,22). The lowest BCUT2D eigenvalue weighted by Gasteiger charge is -2.09. The fourth-order valence-electron chi connectivity index (χ4n) is 2.05. The van der Waals surface area contributed by atoms with E-state index >= 15 is 0 Å². The van der Waals surface area contributed by atoms with Crippen molar-refractivity contribution in [2.45, 2.75) is 6.42 Å². The van der Waals surface area contributed by atoms with Gasteiger partial charge in [0, 0.05) is 0 Å². The number of benzene rings is 2. The molecule has 0 radical (unpaired) electrons. The first kappa shape index (κ1) is 19.8. The molecule has 8 heteroatoms. The van der Waals surface area contributed by atoms with Gasteiger partial charge < -0.3 is 14.6 Å². The number of hydrazone groups is 1. The maximum Gasteiger partial charge on any atom is 0.244 e. The Hall–Kier alpha value is -1.56. The predicted octanol–water partition coefficient (Wildman–Crippen LogP) is 3.31. The molecule has 2 aromatic rings. The zero-order valence-corrected chi connectivity index (χ0v) is 17.9. The number of hydrogen-bond acceptors (Lipinski definition) is 5. The highest BCUT2D eigenvalue weighted by molar-refractivity contribution is 14.1. The van der Waals surface area contributed by atoms with Gasteiger partial charge in [-0.25, -0.2) is 5.43 Å². The first-order valence-electron chi connectivity index (χ1n) is 7.15. The predicted molar refractivity (Wildman–Crippen MR) is 113 cm³/mol. The molecule has 0 saturated carbocycles. The van der Waals surface area contributed by atoms with E-state index in [0.29, 0.717) is 11.5 Å². The molecular weight excluding hydrogens is 550 g/mol. The van der Waals surface area contributed by atoms with Crippen LogP contribution in [0, 0.1) is 7.14 Å². The van der Waals surface area contributed by atoms with Crippen LogP contribution in [0.25, 0.3) is 0 Å². The van der Waals surface area contributed by atoms with Crippen molar-refractivity contribution in [3.8, 4) is 17.2 Å². The lowest BCUT2D eigenvalue weighted by molar-refractivity contribution is -0.120. The van der Waals surface area contributed by atoms with Crippen molar-refractivity contribution in [1.29, 1.82) is 0 Å². The van der Waals surface area contributed by atoms with Crippen LogP contribution in [0.4, 0.5) is 0 Å².